The number of carbonyl (C=O) groups excluding carboxylic acids is 1. The Morgan fingerprint density at radius 1 is 1.40 bits per heavy atom. The van der Waals surface area contributed by atoms with Gasteiger partial charge in [-0.1, -0.05) is 11.8 Å². The molecule has 2 rings (SSSR count). The highest BCUT2D eigenvalue weighted by Crippen LogP contribution is 2.11. The molecule has 1 amide bonds. The molecule has 1 aromatic heterocycles. The van der Waals surface area contributed by atoms with Crippen molar-refractivity contribution < 1.29 is 13.6 Å². The largest absolute Gasteiger partial charge is 0.472 e. The maximum Gasteiger partial charge on any atom is 0.252 e. The first-order chi connectivity index (χ1) is 9.70. The van der Waals surface area contributed by atoms with Crippen molar-refractivity contribution in [3.05, 3.63) is 59.3 Å². The first kappa shape index (κ1) is 13.8. The van der Waals surface area contributed by atoms with Crippen molar-refractivity contribution in [1.29, 1.82) is 0 Å². The highest BCUT2D eigenvalue weighted by atomic mass is 19.1. The lowest BCUT2D eigenvalue weighted by Crippen LogP contribution is -2.23. The van der Waals surface area contributed by atoms with Gasteiger partial charge in [-0.3, -0.25) is 4.79 Å². The van der Waals surface area contributed by atoms with E-state index in [1.54, 1.807) is 6.07 Å². The molecule has 0 radical (unpaired) electrons. The molecule has 0 fully saturated rings. The van der Waals surface area contributed by atoms with Gasteiger partial charge in [0.2, 0.25) is 0 Å². The molecule has 1 aromatic carbocycles. The van der Waals surface area contributed by atoms with E-state index >= 15 is 0 Å². The summed E-state index contributed by atoms with van der Waals surface area (Å²) in [4.78, 5) is 12.1. The Bertz CT molecular complexity index is 654. The summed E-state index contributed by atoms with van der Waals surface area (Å²) in [6, 6.07) is 5.62. The molecular weight excluding hydrogens is 259 g/mol. The lowest BCUT2D eigenvalue weighted by Gasteiger charge is -2.06. The quantitative estimate of drug-likeness (QED) is 0.835. The van der Waals surface area contributed by atoms with Gasteiger partial charge in [-0.05, 0) is 24.3 Å². The van der Waals surface area contributed by atoms with Crippen molar-refractivity contribution in [3.8, 4) is 11.8 Å². The molecule has 1 heterocycles. The smallest absolute Gasteiger partial charge is 0.252 e. The van der Waals surface area contributed by atoms with Gasteiger partial charge >= 0.3 is 0 Å². The number of nitrogens with two attached hydrogens (primary N) is 1. The van der Waals surface area contributed by atoms with E-state index in [4.69, 9.17) is 10.2 Å². The normalized spacial score (nSPS) is 9.70. The Morgan fingerprint density at radius 2 is 2.25 bits per heavy atom. The highest BCUT2D eigenvalue weighted by Gasteiger charge is 2.11. The first-order valence-electron chi connectivity index (χ1n) is 5.98. The molecule has 4 nitrogen and oxygen atoms in total. The van der Waals surface area contributed by atoms with Crippen molar-refractivity contribution >= 4 is 5.91 Å². The summed E-state index contributed by atoms with van der Waals surface area (Å²) < 4.78 is 18.2. The number of hydrogen-bond donors (Lipinski definition) is 2. The van der Waals surface area contributed by atoms with Gasteiger partial charge in [0.1, 0.15) is 5.82 Å². The maximum absolute atomic E-state index is 13.3. The van der Waals surface area contributed by atoms with Gasteiger partial charge in [-0.15, -0.1) is 0 Å². The van der Waals surface area contributed by atoms with Crippen LogP contribution in [-0.4, -0.2) is 12.5 Å². The zero-order valence-corrected chi connectivity index (χ0v) is 10.7. The van der Waals surface area contributed by atoms with E-state index in [0.29, 0.717) is 12.1 Å². The minimum absolute atomic E-state index is 0.174. The number of rotatable bonds is 3. The van der Waals surface area contributed by atoms with Gasteiger partial charge in [0.25, 0.3) is 5.91 Å². The summed E-state index contributed by atoms with van der Waals surface area (Å²) in [5.74, 6) is 4.52. The molecule has 0 spiro atoms. The highest BCUT2D eigenvalue weighted by molar-refractivity contribution is 5.96. The SMILES string of the molecule is NCC#Cc1ccc(F)cc1C(=O)NCc1ccoc1. The number of carbonyl (C=O) groups is 1. The molecule has 0 aliphatic rings. The van der Waals surface area contributed by atoms with Crippen LogP contribution in [0, 0.1) is 17.7 Å². The van der Waals surface area contributed by atoms with E-state index in [9.17, 15) is 9.18 Å². The molecule has 20 heavy (non-hydrogen) atoms. The molecule has 5 heteroatoms. The van der Waals surface area contributed by atoms with Crippen molar-refractivity contribution in [1.82, 2.24) is 5.32 Å². The van der Waals surface area contributed by atoms with Gasteiger partial charge < -0.3 is 15.5 Å². The predicted molar refractivity (Wildman–Crippen MR) is 72.2 cm³/mol. The van der Waals surface area contributed by atoms with E-state index in [-0.39, 0.29) is 12.1 Å². The standard InChI is InChI=1S/C15H13FN2O2/c16-13-4-3-12(2-1-6-17)14(8-13)15(19)18-9-11-5-7-20-10-11/h3-5,7-8,10H,6,9,17H2,(H,18,19). The monoisotopic (exact) mass is 272 g/mol. The third-order valence-corrected chi connectivity index (χ3v) is 2.58. The number of nitrogens with one attached hydrogen (secondary N) is 1. The zero-order chi connectivity index (χ0) is 14.4. The average Bonchev–Trinajstić information content (AvgIpc) is 2.96. The Hall–Kier alpha value is -2.58. The van der Waals surface area contributed by atoms with Gasteiger partial charge in [0.15, 0.2) is 0 Å². The van der Waals surface area contributed by atoms with Crippen LogP contribution in [0.1, 0.15) is 21.5 Å². The van der Waals surface area contributed by atoms with Crippen LogP contribution in [0.4, 0.5) is 4.39 Å². The summed E-state index contributed by atoms with van der Waals surface area (Å²) >= 11 is 0. The van der Waals surface area contributed by atoms with E-state index in [1.165, 1.54) is 24.7 Å². The van der Waals surface area contributed by atoms with Gasteiger partial charge in [0.05, 0.1) is 24.6 Å². The molecule has 3 N–H and O–H groups in total. The average molecular weight is 272 g/mol. The molecule has 102 valence electrons. The maximum atomic E-state index is 13.3. The molecule has 0 saturated heterocycles. The van der Waals surface area contributed by atoms with Crippen LogP contribution in [-0.2, 0) is 6.54 Å². The Balaban J connectivity index is 2.17. The fourth-order valence-corrected chi connectivity index (χ4v) is 1.63. The number of halogens is 1. The third-order valence-electron chi connectivity index (χ3n) is 2.58. The van der Waals surface area contributed by atoms with E-state index in [0.717, 1.165) is 11.6 Å². The summed E-state index contributed by atoms with van der Waals surface area (Å²) in [6.45, 7) is 0.475. The second-order valence-electron chi connectivity index (χ2n) is 4.01. The van der Waals surface area contributed by atoms with Crippen molar-refractivity contribution in [2.75, 3.05) is 6.54 Å². The van der Waals surface area contributed by atoms with Crippen LogP contribution in [0.3, 0.4) is 0 Å². The van der Waals surface area contributed by atoms with E-state index in [1.807, 2.05) is 0 Å². The molecule has 0 saturated carbocycles. The minimum atomic E-state index is -0.489. The number of benzene rings is 1. The summed E-state index contributed by atoms with van der Waals surface area (Å²) in [6.07, 6.45) is 3.04. The zero-order valence-electron chi connectivity index (χ0n) is 10.7. The summed E-state index contributed by atoms with van der Waals surface area (Å²) in [7, 11) is 0. The second-order valence-corrected chi connectivity index (χ2v) is 4.01. The topological polar surface area (TPSA) is 68.3 Å². The van der Waals surface area contributed by atoms with Gasteiger partial charge in [-0.25, -0.2) is 4.39 Å². The van der Waals surface area contributed by atoms with Crippen LogP contribution in [0.5, 0.6) is 0 Å². The van der Waals surface area contributed by atoms with Crippen LogP contribution in [0.2, 0.25) is 0 Å². The fraction of sp³-hybridized carbons (Fsp3) is 0.133. The molecular formula is C15H13FN2O2. The summed E-state index contributed by atoms with van der Waals surface area (Å²) in [5.41, 5.74) is 6.76. The predicted octanol–water partition coefficient (Wildman–Crippen LogP) is 1.66. The lowest BCUT2D eigenvalue weighted by atomic mass is 10.1. The number of furan rings is 1. The molecule has 0 aliphatic carbocycles. The van der Waals surface area contributed by atoms with Crippen LogP contribution in [0.25, 0.3) is 0 Å². The van der Waals surface area contributed by atoms with Crippen LogP contribution >= 0.6 is 0 Å². The van der Waals surface area contributed by atoms with Crippen molar-refractivity contribution in [2.45, 2.75) is 6.54 Å². The lowest BCUT2D eigenvalue weighted by molar-refractivity contribution is 0.0950. The van der Waals surface area contributed by atoms with Crippen LogP contribution in [0.15, 0.2) is 41.2 Å². The third kappa shape index (κ3) is 3.46. The van der Waals surface area contributed by atoms with E-state index in [2.05, 4.69) is 17.2 Å². The Kier molecular flexibility index (Phi) is 4.53. The Labute approximate surface area is 115 Å². The number of hydrogen-bond acceptors (Lipinski definition) is 3. The molecule has 0 aliphatic heterocycles. The summed E-state index contributed by atoms with van der Waals surface area (Å²) in [5, 5.41) is 2.68. The second kappa shape index (κ2) is 6.55. The number of amides is 1. The first-order valence-corrected chi connectivity index (χ1v) is 5.98. The van der Waals surface area contributed by atoms with E-state index < -0.39 is 11.7 Å². The van der Waals surface area contributed by atoms with Crippen molar-refractivity contribution in [2.24, 2.45) is 5.73 Å². The van der Waals surface area contributed by atoms with Gasteiger partial charge in [0, 0.05) is 17.7 Å². The van der Waals surface area contributed by atoms with Gasteiger partial charge in [-0.2, -0.15) is 0 Å². The Morgan fingerprint density at radius 3 is 2.95 bits per heavy atom. The fourth-order valence-electron chi connectivity index (χ4n) is 1.63. The molecule has 0 atom stereocenters. The molecule has 0 unspecified atom stereocenters. The minimum Gasteiger partial charge on any atom is -0.472 e. The molecule has 0 bridgehead atoms. The van der Waals surface area contributed by atoms with Crippen LogP contribution < -0.4 is 11.1 Å². The van der Waals surface area contributed by atoms with Crippen molar-refractivity contribution in [3.63, 3.8) is 0 Å². The molecule has 2 aromatic rings.